The molecule has 110 valence electrons. The van der Waals surface area contributed by atoms with E-state index in [0.717, 1.165) is 32.2 Å². The number of hydrogen-bond donors (Lipinski definition) is 1. The van der Waals surface area contributed by atoms with Gasteiger partial charge in [0.1, 0.15) is 4.92 Å². The van der Waals surface area contributed by atoms with Crippen LogP contribution >= 0.6 is 0 Å². The van der Waals surface area contributed by atoms with Crippen molar-refractivity contribution in [3.05, 3.63) is 28.0 Å². The summed E-state index contributed by atoms with van der Waals surface area (Å²) in [6.07, 6.45) is 3.92. The molecule has 1 atom stereocenters. The highest BCUT2D eigenvalue weighted by molar-refractivity contribution is 5.92. The predicted octanol–water partition coefficient (Wildman–Crippen LogP) is 1.79. The number of carbonyl (C=O) groups excluding carboxylic acids is 1. The molecule has 0 radical (unpaired) electrons. The van der Waals surface area contributed by atoms with Gasteiger partial charge in [-0.15, -0.1) is 0 Å². The smallest absolute Gasteiger partial charge is 0.395 e. The largest absolute Gasteiger partial charge is 0.433 e. The van der Waals surface area contributed by atoms with Gasteiger partial charge in [-0.3, -0.25) is 14.9 Å². The monoisotopic (exact) mass is 281 g/mol. The summed E-state index contributed by atoms with van der Waals surface area (Å²) in [5.74, 6) is -0.593. The molecule has 20 heavy (non-hydrogen) atoms. The molecule has 1 aromatic heterocycles. The zero-order chi connectivity index (χ0) is 14.5. The maximum absolute atomic E-state index is 12.4. The molecule has 1 aromatic rings. The third kappa shape index (κ3) is 3.16. The van der Waals surface area contributed by atoms with Gasteiger partial charge < -0.3 is 14.6 Å². The normalized spacial score (nSPS) is 19.1. The Morgan fingerprint density at radius 1 is 1.55 bits per heavy atom. The van der Waals surface area contributed by atoms with Crippen LogP contribution < -0.4 is 5.32 Å². The summed E-state index contributed by atoms with van der Waals surface area (Å²) in [5.41, 5.74) is 0. The lowest BCUT2D eigenvalue weighted by molar-refractivity contribution is -0.402. The summed E-state index contributed by atoms with van der Waals surface area (Å²) < 4.78 is 5.01. The molecule has 1 aliphatic rings. The van der Waals surface area contributed by atoms with Crippen LogP contribution in [0.2, 0.25) is 0 Å². The van der Waals surface area contributed by atoms with Crippen molar-refractivity contribution in [1.82, 2.24) is 10.2 Å². The van der Waals surface area contributed by atoms with Crippen LogP contribution in [0.5, 0.6) is 0 Å². The van der Waals surface area contributed by atoms with Gasteiger partial charge in [-0.1, -0.05) is 0 Å². The van der Waals surface area contributed by atoms with Gasteiger partial charge in [-0.05, 0) is 45.3 Å². The van der Waals surface area contributed by atoms with E-state index in [4.69, 9.17) is 4.42 Å². The zero-order valence-electron chi connectivity index (χ0n) is 11.5. The maximum Gasteiger partial charge on any atom is 0.433 e. The first kappa shape index (κ1) is 14.5. The fraction of sp³-hybridized carbons (Fsp3) is 0.615. The van der Waals surface area contributed by atoms with Gasteiger partial charge in [0.25, 0.3) is 5.91 Å². The minimum atomic E-state index is -0.633. The molecule has 0 aliphatic carbocycles. The summed E-state index contributed by atoms with van der Waals surface area (Å²) >= 11 is 0. The molecule has 7 nitrogen and oxygen atoms in total. The Morgan fingerprint density at radius 3 is 3.00 bits per heavy atom. The van der Waals surface area contributed by atoms with Gasteiger partial charge >= 0.3 is 5.88 Å². The first-order valence-electron chi connectivity index (χ1n) is 6.83. The Kier molecular flexibility index (Phi) is 4.73. The summed E-state index contributed by atoms with van der Waals surface area (Å²) in [6.45, 7) is 1.52. The molecule has 0 aromatic carbocycles. The third-order valence-corrected chi connectivity index (χ3v) is 3.60. The van der Waals surface area contributed by atoms with Crippen LogP contribution in [0, 0.1) is 10.1 Å². The summed E-state index contributed by atoms with van der Waals surface area (Å²) in [6, 6.07) is 2.78. The van der Waals surface area contributed by atoms with E-state index in [2.05, 4.69) is 5.32 Å². The van der Waals surface area contributed by atoms with Crippen molar-refractivity contribution in [1.29, 1.82) is 0 Å². The lowest BCUT2D eigenvalue weighted by Gasteiger charge is -2.35. The number of nitro groups is 1. The lowest BCUT2D eigenvalue weighted by Crippen LogP contribution is -2.44. The van der Waals surface area contributed by atoms with Gasteiger partial charge in [-0.25, -0.2) is 0 Å². The van der Waals surface area contributed by atoms with Crippen LogP contribution in [-0.4, -0.2) is 41.9 Å². The highest BCUT2D eigenvalue weighted by Crippen LogP contribution is 2.24. The molecule has 1 fully saturated rings. The number of piperidine rings is 1. The second kappa shape index (κ2) is 6.51. The summed E-state index contributed by atoms with van der Waals surface area (Å²) in [4.78, 5) is 24.1. The van der Waals surface area contributed by atoms with Gasteiger partial charge in [0.2, 0.25) is 0 Å². The van der Waals surface area contributed by atoms with E-state index in [1.807, 2.05) is 7.05 Å². The minimum Gasteiger partial charge on any atom is -0.395 e. The number of amides is 1. The van der Waals surface area contributed by atoms with Gasteiger partial charge in [0.15, 0.2) is 5.76 Å². The summed E-state index contributed by atoms with van der Waals surface area (Å²) in [5, 5.41) is 13.7. The van der Waals surface area contributed by atoms with E-state index >= 15 is 0 Å². The van der Waals surface area contributed by atoms with Gasteiger partial charge in [-0.2, -0.15) is 0 Å². The third-order valence-electron chi connectivity index (χ3n) is 3.60. The zero-order valence-corrected chi connectivity index (χ0v) is 11.5. The van der Waals surface area contributed by atoms with Crippen molar-refractivity contribution >= 4 is 11.8 Å². The molecule has 0 bridgehead atoms. The van der Waals surface area contributed by atoms with Crippen molar-refractivity contribution in [2.75, 3.05) is 20.1 Å². The second-order valence-corrected chi connectivity index (χ2v) is 4.94. The molecular formula is C13H19N3O4. The first-order chi connectivity index (χ1) is 9.63. The Morgan fingerprint density at radius 2 is 2.35 bits per heavy atom. The second-order valence-electron chi connectivity index (χ2n) is 4.94. The number of carbonyl (C=O) groups is 1. The quantitative estimate of drug-likeness (QED) is 0.656. The van der Waals surface area contributed by atoms with Crippen molar-refractivity contribution in [2.45, 2.75) is 31.7 Å². The van der Waals surface area contributed by atoms with E-state index < -0.39 is 10.8 Å². The van der Waals surface area contributed by atoms with Gasteiger partial charge in [0, 0.05) is 12.6 Å². The van der Waals surface area contributed by atoms with Crippen molar-refractivity contribution in [3.63, 3.8) is 0 Å². The molecule has 1 amide bonds. The average molecular weight is 281 g/mol. The molecule has 7 heteroatoms. The Labute approximate surface area is 117 Å². The molecule has 1 unspecified atom stereocenters. The number of likely N-dealkylation sites (tertiary alicyclic amines) is 1. The van der Waals surface area contributed by atoms with E-state index in [-0.39, 0.29) is 17.7 Å². The van der Waals surface area contributed by atoms with Crippen molar-refractivity contribution < 1.29 is 14.1 Å². The number of nitrogens with zero attached hydrogens (tertiary/aromatic N) is 2. The fourth-order valence-electron chi connectivity index (χ4n) is 2.56. The molecule has 2 heterocycles. The lowest BCUT2D eigenvalue weighted by atomic mass is 9.99. The molecule has 2 rings (SSSR count). The number of nitrogens with one attached hydrogen (secondary N) is 1. The molecular weight excluding hydrogens is 262 g/mol. The number of rotatable bonds is 5. The van der Waals surface area contributed by atoms with Crippen molar-refractivity contribution in [2.24, 2.45) is 0 Å². The van der Waals surface area contributed by atoms with E-state index in [1.54, 1.807) is 4.90 Å². The molecule has 1 saturated heterocycles. The highest BCUT2D eigenvalue weighted by atomic mass is 16.6. The molecule has 0 saturated carbocycles. The van der Waals surface area contributed by atoms with Crippen LogP contribution in [0.1, 0.15) is 36.2 Å². The Bertz CT molecular complexity index is 486. The summed E-state index contributed by atoms with van der Waals surface area (Å²) in [7, 11) is 1.88. The maximum atomic E-state index is 12.4. The number of hydrogen-bond acceptors (Lipinski definition) is 5. The van der Waals surface area contributed by atoms with E-state index in [9.17, 15) is 14.9 Å². The average Bonchev–Trinajstić information content (AvgIpc) is 2.94. The minimum absolute atomic E-state index is 0.0491. The van der Waals surface area contributed by atoms with Crippen LogP contribution in [0.4, 0.5) is 5.88 Å². The van der Waals surface area contributed by atoms with Crippen LogP contribution in [0.15, 0.2) is 16.5 Å². The van der Waals surface area contributed by atoms with E-state index in [0.29, 0.717) is 6.54 Å². The molecule has 0 spiro atoms. The van der Waals surface area contributed by atoms with Crippen LogP contribution in [0.3, 0.4) is 0 Å². The standard InChI is InChI=1S/C13H19N3O4/c1-14-8-7-10-4-2-3-9-15(10)13(17)11-5-6-12(20-11)16(18)19/h5-6,10,14H,2-4,7-9H2,1H3. The molecule has 1 N–H and O–H groups in total. The molecule has 1 aliphatic heterocycles. The Balaban J connectivity index is 2.09. The van der Waals surface area contributed by atoms with Crippen LogP contribution in [-0.2, 0) is 0 Å². The Hall–Kier alpha value is -1.89. The van der Waals surface area contributed by atoms with E-state index in [1.165, 1.54) is 12.1 Å². The highest BCUT2D eigenvalue weighted by Gasteiger charge is 2.29. The van der Waals surface area contributed by atoms with Crippen molar-refractivity contribution in [3.8, 4) is 0 Å². The number of furan rings is 1. The van der Waals surface area contributed by atoms with Gasteiger partial charge in [0.05, 0.1) is 6.07 Å². The predicted molar refractivity (Wildman–Crippen MR) is 72.6 cm³/mol. The SMILES string of the molecule is CNCCC1CCCCN1C(=O)c1ccc([N+](=O)[O-])o1. The van der Waals surface area contributed by atoms with Crippen LogP contribution in [0.25, 0.3) is 0 Å². The first-order valence-corrected chi connectivity index (χ1v) is 6.83. The fourth-order valence-corrected chi connectivity index (χ4v) is 2.56. The topological polar surface area (TPSA) is 88.6 Å².